The molecule has 0 saturated carbocycles. The van der Waals surface area contributed by atoms with Crippen molar-refractivity contribution in [3.8, 4) is 5.75 Å². The molecule has 27 heavy (non-hydrogen) atoms. The van der Waals surface area contributed by atoms with E-state index in [9.17, 15) is 27.2 Å². The van der Waals surface area contributed by atoms with E-state index >= 15 is 0 Å². The molecule has 0 radical (unpaired) electrons. The molecule has 0 aliphatic carbocycles. The van der Waals surface area contributed by atoms with Gasteiger partial charge >= 0.3 is 12.5 Å². The van der Waals surface area contributed by atoms with Crippen molar-refractivity contribution >= 4 is 33.4 Å². The van der Waals surface area contributed by atoms with Gasteiger partial charge in [-0.1, -0.05) is 0 Å². The second-order valence-electron chi connectivity index (χ2n) is 6.50. The number of hydrogen-bond donors (Lipinski definition) is 1. The Balaban J connectivity index is 1.61. The third kappa shape index (κ3) is 2.95. The number of benzene rings is 1. The molecule has 2 fully saturated rings. The van der Waals surface area contributed by atoms with E-state index in [1.807, 2.05) is 0 Å². The predicted octanol–water partition coefficient (Wildman–Crippen LogP) is 3.18. The number of alkyl carbamates (subject to hydrolysis) is 1. The molecular formula is C16H12F4N2O4S. The Labute approximate surface area is 153 Å². The van der Waals surface area contributed by atoms with Crippen LogP contribution in [0.5, 0.6) is 5.75 Å². The predicted molar refractivity (Wildman–Crippen MR) is 86.3 cm³/mol. The SMILES string of the molecule is Cc1c(C(=O)N2CC3(COC(=O)N3)C2)sc2c(F)c(OC(F)(F)F)ccc12. The highest BCUT2D eigenvalue weighted by atomic mass is 32.1. The summed E-state index contributed by atoms with van der Waals surface area (Å²) < 4.78 is 60.0. The van der Waals surface area contributed by atoms with Gasteiger partial charge in [0.25, 0.3) is 5.91 Å². The number of fused-ring (bicyclic) bond motifs is 1. The Hall–Kier alpha value is -2.56. The van der Waals surface area contributed by atoms with Gasteiger partial charge in [-0.05, 0) is 30.0 Å². The number of hydrogen-bond acceptors (Lipinski definition) is 5. The number of halogens is 4. The lowest BCUT2D eigenvalue weighted by molar-refractivity contribution is -0.275. The molecule has 0 bridgehead atoms. The largest absolute Gasteiger partial charge is 0.573 e. The Morgan fingerprint density at radius 2 is 2.07 bits per heavy atom. The number of ether oxygens (including phenoxy) is 2. The van der Waals surface area contributed by atoms with E-state index in [-0.39, 0.29) is 35.2 Å². The fraction of sp³-hybridized carbons (Fsp3) is 0.375. The molecule has 2 aliphatic heterocycles. The number of alkyl halides is 3. The molecule has 144 valence electrons. The minimum Gasteiger partial charge on any atom is -0.447 e. The molecule has 0 atom stereocenters. The second kappa shape index (κ2) is 5.72. The van der Waals surface area contributed by atoms with E-state index in [0.29, 0.717) is 10.9 Å². The molecule has 2 aliphatic rings. The molecule has 1 spiro atoms. The second-order valence-corrected chi connectivity index (χ2v) is 7.52. The molecule has 1 aromatic heterocycles. The lowest BCUT2D eigenvalue weighted by Crippen LogP contribution is -2.69. The van der Waals surface area contributed by atoms with Gasteiger partial charge in [0.05, 0.1) is 9.58 Å². The Kier molecular flexibility index (Phi) is 3.78. The zero-order chi connectivity index (χ0) is 19.6. The minimum atomic E-state index is -5.01. The van der Waals surface area contributed by atoms with E-state index in [1.165, 1.54) is 11.0 Å². The van der Waals surface area contributed by atoms with E-state index < -0.39 is 29.6 Å². The fourth-order valence-electron chi connectivity index (χ4n) is 3.28. The van der Waals surface area contributed by atoms with E-state index in [4.69, 9.17) is 4.74 Å². The van der Waals surface area contributed by atoms with Crippen LogP contribution >= 0.6 is 11.3 Å². The maximum absolute atomic E-state index is 14.4. The zero-order valence-electron chi connectivity index (χ0n) is 13.8. The number of thiophene rings is 1. The highest BCUT2D eigenvalue weighted by molar-refractivity contribution is 7.21. The summed E-state index contributed by atoms with van der Waals surface area (Å²) in [7, 11) is 0. The van der Waals surface area contributed by atoms with Crippen molar-refractivity contribution in [3.63, 3.8) is 0 Å². The van der Waals surface area contributed by atoms with Gasteiger partial charge in [-0.15, -0.1) is 24.5 Å². The number of nitrogens with one attached hydrogen (secondary N) is 1. The van der Waals surface area contributed by atoms with Crippen LogP contribution in [0.25, 0.3) is 10.1 Å². The number of aryl methyl sites for hydroxylation is 1. The van der Waals surface area contributed by atoms with Gasteiger partial charge in [0.2, 0.25) is 0 Å². The van der Waals surface area contributed by atoms with Gasteiger partial charge in [-0.2, -0.15) is 0 Å². The monoisotopic (exact) mass is 404 g/mol. The maximum Gasteiger partial charge on any atom is 0.573 e. The smallest absolute Gasteiger partial charge is 0.447 e. The summed E-state index contributed by atoms with van der Waals surface area (Å²) in [5.74, 6) is -2.48. The molecule has 6 nitrogen and oxygen atoms in total. The van der Waals surface area contributed by atoms with Crippen LogP contribution in [0.1, 0.15) is 15.2 Å². The Morgan fingerprint density at radius 3 is 2.67 bits per heavy atom. The van der Waals surface area contributed by atoms with Crippen molar-refractivity contribution in [2.75, 3.05) is 19.7 Å². The van der Waals surface area contributed by atoms with Crippen molar-refractivity contribution in [2.24, 2.45) is 0 Å². The van der Waals surface area contributed by atoms with E-state index in [0.717, 1.165) is 17.4 Å². The average molecular weight is 404 g/mol. The molecular weight excluding hydrogens is 392 g/mol. The molecule has 11 heteroatoms. The van der Waals surface area contributed by atoms with E-state index in [1.54, 1.807) is 6.92 Å². The third-order valence-electron chi connectivity index (χ3n) is 4.55. The number of nitrogens with zero attached hydrogens (tertiary/aromatic N) is 1. The van der Waals surface area contributed by atoms with Gasteiger partial charge in [-0.3, -0.25) is 4.79 Å². The minimum absolute atomic E-state index is 0.0784. The van der Waals surface area contributed by atoms with Crippen LogP contribution in [-0.4, -0.2) is 48.5 Å². The number of rotatable bonds is 2. The van der Waals surface area contributed by atoms with Gasteiger partial charge in [0, 0.05) is 13.1 Å². The van der Waals surface area contributed by atoms with Crippen molar-refractivity contribution in [1.29, 1.82) is 0 Å². The first-order valence-electron chi connectivity index (χ1n) is 7.80. The van der Waals surface area contributed by atoms with E-state index in [2.05, 4.69) is 10.1 Å². The van der Waals surface area contributed by atoms with Crippen LogP contribution in [0.15, 0.2) is 12.1 Å². The zero-order valence-corrected chi connectivity index (χ0v) is 14.6. The summed E-state index contributed by atoms with van der Waals surface area (Å²) in [6, 6.07) is 2.19. The molecule has 4 rings (SSSR count). The van der Waals surface area contributed by atoms with Gasteiger partial charge < -0.3 is 19.7 Å². The first-order valence-corrected chi connectivity index (χ1v) is 8.62. The standard InChI is InChI=1S/C16H12F4N2O4S/c1-7-8-2-3-9(26-16(18,19)20)10(17)12(8)27-11(7)13(23)22-4-15(5-22)6-25-14(24)21-15/h2-3H,4-6H2,1H3,(H,21,24). The molecule has 0 unspecified atom stereocenters. The van der Waals surface area contributed by atoms with Gasteiger partial charge in [-0.25, -0.2) is 9.18 Å². The van der Waals surface area contributed by atoms with Gasteiger partial charge in [0.15, 0.2) is 11.6 Å². The maximum atomic E-state index is 14.4. The highest BCUT2D eigenvalue weighted by Crippen LogP contribution is 2.39. The Bertz CT molecular complexity index is 965. The summed E-state index contributed by atoms with van der Waals surface area (Å²) in [5, 5.41) is 3.00. The molecule has 2 aromatic rings. The quantitative estimate of drug-likeness (QED) is 0.781. The van der Waals surface area contributed by atoms with Crippen LogP contribution in [0, 0.1) is 12.7 Å². The summed E-state index contributed by atoms with van der Waals surface area (Å²) in [6.45, 7) is 2.26. The summed E-state index contributed by atoms with van der Waals surface area (Å²) in [4.78, 5) is 25.6. The first-order chi connectivity index (χ1) is 12.6. The molecule has 2 amide bonds. The number of cyclic esters (lactones) is 1. The third-order valence-corrected chi connectivity index (χ3v) is 5.84. The van der Waals surface area contributed by atoms with Gasteiger partial charge in [0.1, 0.15) is 12.1 Å². The van der Waals surface area contributed by atoms with Crippen molar-refractivity contribution in [2.45, 2.75) is 18.8 Å². The van der Waals surface area contributed by atoms with Crippen LogP contribution in [0.4, 0.5) is 22.4 Å². The number of carbonyl (C=O) groups excluding carboxylic acids is 2. The lowest BCUT2D eigenvalue weighted by atomic mass is 9.91. The van der Waals surface area contributed by atoms with Crippen molar-refractivity contribution in [3.05, 3.63) is 28.4 Å². The van der Waals surface area contributed by atoms with Crippen molar-refractivity contribution in [1.82, 2.24) is 10.2 Å². The highest BCUT2D eigenvalue weighted by Gasteiger charge is 2.51. The average Bonchev–Trinajstić information content (AvgIpc) is 3.09. The van der Waals surface area contributed by atoms with Crippen LogP contribution in [-0.2, 0) is 4.74 Å². The Morgan fingerprint density at radius 1 is 1.37 bits per heavy atom. The number of carbonyl (C=O) groups is 2. The fourth-order valence-corrected chi connectivity index (χ4v) is 4.48. The number of likely N-dealkylation sites (tertiary alicyclic amines) is 1. The van der Waals surface area contributed by atoms with Crippen LogP contribution in [0.2, 0.25) is 0 Å². The normalized spacial score (nSPS) is 18.4. The summed E-state index contributed by atoms with van der Waals surface area (Å²) in [5.41, 5.74) is -0.124. The molecule has 1 N–H and O–H groups in total. The van der Waals surface area contributed by atoms with Crippen molar-refractivity contribution < 1.29 is 36.6 Å². The van der Waals surface area contributed by atoms with Crippen LogP contribution in [0.3, 0.4) is 0 Å². The van der Waals surface area contributed by atoms with Crippen LogP contribution < -0.4 is 10.1 Å². The molecule has 1 aromatic carbocycles. The lowest BCUT2D eigenvalue weighted by Gasteiger charge is -2.45. The first kappa shape index (κ1) is 17.8. The topological polar surface area (TPSA) is 67.9 Å². The number of amides is 2. The summed E-state index contributed by atoms with van der Waals surface area (Å²) >= 11 is 0.776. The molecule has 2 saturated heterocycles. The molecule has 3 heterocycles. The summed E-state index contributed by atoms with van der Waals surface area (Å²) in [6.07, 6.45) is -5.56.